The van der Waals surface area contributed by atoms with E-state index in [1.54, 1.807) is 0 Å². The van der Waals surface area contributed by atoms with Gasteiger partial charge >= 0.3 is 12.0 Å². The van der Waals surface area contributed by atoms with Crippen LogP contribution in [0, 0.1) is 0 Å². The van der Waals surface area contributed by atoms with Crippen LogP contribution in [0.1, 0.15) is 26.7 Å². The zero-order valence-electron chi connectivity index (χ0n) is 7.76. The molecule has 1 fully saturated rings. The maximum absolute atomic E-state index is 11.1. The Kier molecular flexibility index (Phi) is 2.45. The Bertz CT molecular complexity index is 234. The van der Waals surface area contributed by atoms with Gasteiger partial charge < -0.3 is 15.7 Å². The van der Waals surface area contributed by atoms with Gasteiger partial charge in [-0.05, 0) is 26.7 Å². The summed E-state index contributed by atoms with van der Waals surface area (Å²) in [6, 6.07) is -0.167. The molecule has 0 aromatic heterocycles. The summed E-state index contributed by atoms with van der Waals surface area (Å²) < 4.78 is 0. The van der Waals surface area contributed by atoms with Gasteiger partial charge in [0.2, 0.25) is 0 Å². The first-order valence-electron chi connectivity index (χ1n) is 4.24. The van der Waals surface area contributed by atoms with Crippen molar-refractivity contribution in [3.63, 3.8) is 0 Å². The quantitative estimate of drug-likeness (QED) is 0.593. The molecule has 0 aromatic rings. The number of rotatable bonds is 3. The molecule has 3 N–H and O–H groups in total. The molecule has 13 heavy (non-hydrogen) atoms. The molecule has 5 heteroatoms. The van der Waals surface area contributed by atoms with E-state index in [0.29, 0.717) is 0 Å². The Balaban J connectivity index is 2.36. The fourth-order valence-electron chi connectivity index (χ4n) is 0.786. The Hall–Kier alpha value is -1.26. The molecule has 0 unspecified atom stereocenters. The number of urea groups is 1. The average Bonchev–Trinajstić information content (AvgIpc) is 2.69. The molecule has 0 radical (unpaired) electrons. The smallest absolute Gasteiger partial charge is 0.328 e. The number of aliphatic carboxylic acids is 1. The number of hydrogen-bond donors (Lipinski definition) is 3. The van der Waals surface area contributed by atoms with Crippen LogP contribution in [0.3, 0.4) is 0 Å². The van der Waals surface area contributed by atoms with Gasteiger partial charge in [-0.1, -0.05) is 0 Å². The van der Waals surface area contributed by atoms with Crippen LogP contribution in [0.5, 0.6) is 0 Å². The fourth-order valence-corrected chi connectivity index (χ4v) is 0.786. The third-order valence-corrected chi connectivity index (χ3v) is 1.87. The highest BCUT2D eigenvalue weighted by atomic mass is 16.4. The van der Waals surface area contributed by atoms with E-state index >= 15 is 0 Å². The van der Waals surface area contributed by atoms with Crippen molar-refractivity contribution in [2.24, 2.45) is 0 Å². The Labute approximate surface area is 76.5 Å². The molecular formula is C8H14N2O3. The summed E-state index contributed by atoms with van der Waals surface area (Å²) in [7, 11) is 0. The largest absolute Gasteiger partial charge is 0.480 e. The number of carboxylic acid groups (broad SMARTS) is 1. The van der Waals surface area contributed by atoms with E-state index in [1.807, 2.05) is 0 Å². The zero-order chi connectivity index (χ0) is 10.1. The predicted octanol–water partition coefficient (Wildman–Crippen LogP) is 0.311. The van der Waals surface area contributed by atoms with Crippen LogP contribution >= 0.6 is 0 Å². The molecule has 5 nitrogen and oxygen atoms in total. The second kappa shape index (κ2) is 3.24. The van der Waals surface area contributed by atoms with Crippen molar-refractivity contribution >= 4 is 12.0 Å². The van der Waals surface area contributed by atoms with Gasteiger partial charge in [-0.15, -0.1) is 0 Å². The first-order valence-corrected chi connectivity index (χ1v) is 4.24. The third kappa shape index (κ3) is 2.93. The highest BCUT2D eigenvalue weighted by molar-refractivity contribution is 5.85. The van der Waals surface area contributed by atoms with Crippen molar-refractivity contribution in [3.8, 4) is 0 Å². The summed E-state index contributed by atoms with van der Waals surface area (Å²) in [6.07, 6.45) is 1.97. The lowest BCUT2D eigenvalue weighted by atomic mass is 10.1. The van der Waals surface area contributed by atoms with E-state index in [9.17, 15) is 9.59 Å². The van der Waals surface area contributed by atoms with Gasteiger partial charge in [-0.3, -0.25) is 0 Å². The van der Waals surface area contributed by atoms with Gasteiger partial charge in [0.15, 0.2) is 0 Å². The van der Waals surface area contributed by atoms with Crippen molar-refractivity contribution in [1.29, 1.82) is 0 Å². The maximum atomic E-state index is 11.1. The Morgan fingerprint density at radius 1 is 1.38 bits per heavy atom. The Morgan fingerprint density at radius 3 is 2.31 bits per heavy atom. The van der Waals surface area contributed by atoms with E-state index in [4.69, 9.17) is 5.11 Å². The lowest BCUT2D eigenvalue weighted by molar-refractivity contribution is -0.142. The van der Waals surface area contributed by atoms with Gasteiger partial charge in [0.05, 0.1) is 0 Å². The van der Waals surface area contributed by atoms with Gasteiger partial charge in [0.1, 0.15) is 5.54 Å². The van der Waals surface area contributed by atoms with Crippen molar-refractivity contribution in [2.45, 2.75) is 38.3 Å². The normalized spacial score (nSPS) is 16.5. The predicted molar refractivity (Wildman–Crippen MR) is 46.4 cm³/mol. The highest BCUT2D eigenvalue weighted by Crippen LogP contribution is 2.18. The monoisotopic (exact) mass is 186 g/mol. The third-order valence-electron chi connectivity index (χ3n) is 1.87. The summed E-state index contributed by atoms with van der Waals surface area (Å²) in [5.41, 5.74) is -1.21. The molecule has 0 aromatic carbocycles. The minimum atomic E-state index is -1.21. The van der Waals surface area contributed by atoms with Gasteiger partial charge in [-0.2, -0.15) is 0 Å². The SMILES string of the molecule is CC(C)(NC(=O)NC1CC1)C(=O)O. The summed E-state index contributed by atoms with van der Waals surface area (Å²) in [6.45, 7) is 2.89. The number of carboxylic acids is 1. The zero-order valence-corrected chi connectivity index (χ0v) is 7.76. The van der Waals surface area contributed by atoms with Crippen LogP contribution in [0.25, 0.3) is 0 Å². The van der Waals surface area contributed by atoms with Crippen LogP contribution < -0.4 is 10.6 Å². The van der Waals surface area contributed by atoms with Crippen LogP contribution in [0.2, 0.25) is 0 Å². The molecule has 0 bridgehead atoms. The number of nitrogens with one attached hydrogen (secondary N) is 2. The lowest BCUT2D eigenvalue weighted by Crippen LogP contribution is -2.53. The first-order chi connectivity index (χ1) is 5.92. The second-order valence-corrected chi connectivity index (χ2v) is 3.80. The van der Waals surface area contributed by atoms with E-state index < -0.39 is 17.5 Å². The van der Waals surface area contributed by atoms with Crippen molar-refractivity contribution in [2.75, 3.05) is 0 Å². The van der Waals surface area contributed by atoms with Gasteiger partial charge in [0, 0.05) is 6.04 Å². The number of carbonyl (C=O) groups is 2. The lowest BCUT2D eigenvalue weighted by Gasteiger charge is -2.21. The van der Waals surface area contributed by atoms with Gasteiger partial charge in [-0.25, -0.2) is 9.59 Å². The summed E-state index contributed by atoms with van der Waals surface area (Å²) in [4.78, 5) is 21.7. The molecule has 0 atom stereocenters. The van der Waals surface area contributed by atoms with Crippen molar-refractivity contribution in [1.82, 2.24) is 10.6 Å². The maximum Gasteiger partial charge on any atom is 0.328 e. The molecule has 1 aliphatic rings. The van der Waals surface area contributed by atoms with Crippen molar-refractivity contribution < 1.29 is 14.7 Å². The minimum Gasteiger partial charge on any atom is -0.480 e. The molecular weight excluding hydrogens is 172 g/mol. The molecule has 1 rings (SSSR count). The topological polar surface area (TPSA) is 78.4 Å². The van der Waals surface area contributed by atoms with Crippen LogP contribution in [0.4, 0.5) is 4.79 Å². The number of hydrogen-bond acceptors (Lipinski definition) is 2. The molecule has 1 aliphatic carbocycles. The number of carbonyl (C=O) groups excluding carboxylic acids is 1. The van der Waals surface area contributed by atoms with E-state index in [-0.39, 0.29) is 6.04 Å². The molecule has 0 heterocycles. The molecule has 2 amide bonds. The Morgan fingerprint density at radius 2 is 1.92 bits per heavy atom. The molecule has 0 spiro atoms. The standard InChI is InChI=1S/C8H14N2O3/c1-8(2,6(11)12)10-7(13)9-5-3-4-5/h5H,3-4H2,1-2H3,(H,11,12)(H2,9,10,13). The molecule has 0 saturated heterocycles. The van der Waals surface area contributed by atoms with Gasteiger partial charge in [0.25, 0.3) is 0 Å². The number of amides is 2. The second-order valence-electron chi connectivity index (χ2n) is 3.80. The summed E-state index contributed by atoms with van der Waals surface area (Å²) in [5.74, 6) is -1.04. The molecule has 1 saturated carbocycles. The summed E-state index contributed by atoms with van der Waals surface area (Å²) >= 11 is 0. The molecule has 74 valence electrons. The summed E-state index contributed by atoms with van der Waals surface area (Å²) in [5, 5.41) is 13.7. The van der Waals surface area contributed by atoms with E-state index in [1.165, 1.54) is 13.8 Å². The van der Waals surface area contributed by atoms with Crippen LogP contribution in [0.15, 0.2) is 0 Å². The van der Waals surface area contributed by atoms with Crippen LogP contribution in [-0.4, -0.2) is 28.7 Å². The fraction of sp³-hybridized carbons (Fsp3) is 0.750. The molecule has 0 aliphatic heterocycles. The first kappa shape index (κ1) is 9.83. The van der Waals surface area contributed by atoms with E-state index in [2.05, 4.69) is 10.6 Å². The van der Waals surface area contributed by atoms with Crippen LogP contribution in [-0.2, 0) is 4.79 Å². The average molecular weight is 186 g/mol. The van der Waals surface area contributed by atoms with E-state index in [0.717, 1.165) is 12.8 Å². The minimum absolute atomic E-state index is 0.240. The van der Waals surface area contributed by atoms with Crippen molar-refractivity contribution in [3.05, 3.63) is 0 Å². The highest BCUT2D eigenvalue weighted by Gasteiger charge is 2.31.